The van der Waals surface area contributed by atoms with Gasteiger partial charge in [-0.05, 0) is 97.9 Å². The third-order valence-corrected chi connectivity index (χ3v) is 8.07. The number of hydrogen-bond donors (Lipinski definition) is 10. The van der Waals surface area contributed by atoms with Gasteiger partial charge in [0.25, 0.3) is 5.95 Å². The van der Waals surface area contributed by atoms with Gasteiger partial charge in [-0.25, -0.2) is 21.8 Å². The predicted octanol–water partition coefficient (Wildman–Crippen LogP) is 6.24. The van der Waals surface area contributed by atoms with Crippen LogP contribution in [-0.2, 0) is 38.0 Å². The molecule has 0 aliphatic rings. The normalized spacial score (nSPS) is 8.68. The van der Waals surface area contributed by atoms with Crippen LogP contribution in [0.2, 0.25) is 21.1 Å². The van der Waals surface area contributed by atoms with Gasteiger partial charge in [0.1, 0.15) is 0 Å². The van der Waals surface area contributed by atoms with E-state index in [0.29, 0.717) is 47.6 Å². The molecular weight excluding hydrogens is 1710 g/mol. The summed E-state index contributed by atoms with van der Waals surface area (Å²) in [5, 5.41) is 18.9. The first kappa shape index (κ1) is 106. The van der Waals surface area contributed by atoms with Gasteiger partial charge in [-0.2, -0.15) is 51.3 Å². The van der Waals surface area contributed by atoms with E-state index in [4.69, 9.17) is 61.8 Å². The molecule has 0 atom stereocenters. The summed E-state index contributed by atoms with van der Waals surface area (Å²) in [5.41, 5.74) is 10.2. The van der Waals surface area contributed by atoms with Crippen molar-refractivity contribution >= 4 is 189 Å². The van der Waals surface area contributed by atoms with Crippen LogP contribution in [0.3, 0.4) is 0 Å². The van der Waals surface area contributed by atoms with Gasteiger partial charge in [0, 0.05) is 57.8 Å². The van der Waals surface area contributed by atoms with E-state index < -0.39 is 0 Å². The summed E-state index contributed by atoms with van der Waals surface area (Å²) in [6, 6.07) is 0. The fraction of sp³-hybridized carbons (Fsp3) is 0.659. The quantitative estimate of drug-likeness (QED) is 0.0160. The van der Waals surface area contributed by atoms with Gasteiger partial charge in [-0.1, -0.05) is 72.8 Å². The molecule has 0 unspecified atom stereocenters. The van der Waals surface area contributed by atoms with Gasteiger partial charge in [-0.15, -0.1) is 12.4 Å². The number of hydrogen-bond acceptors (Lipinski definition) is 25. The molecule has 0 saturated carbocycles. The molecule has 4 aromatic rings. The average molecular weight is 1800 g/mol. The van der Waals surface area contributed by atoms with Gasteiger partial charge in [0.2, 0.25) is 44.9 Å². The van der Waals surface area contributed by atoms with Crippen molar-refractivity contribution in [3.8, 4) is 0 Å². The molecule has 14 N–H and O–H groups in total. The van der Waals surface area contributed by atoms with Gasteiger partial charge >= 0.3 is 112 Å². The molecule has 4 aromatic heterocycles. The second-order valence-electron chi connectivity index (χ2n) is 13.0. The summed E-state index contributed by atoms with van der Waals surface area (Å²) in [5.74, 6) is 8.62. The number of H-pyrrole nitrogens is 1. The van der Waals surface area contributed by atoms with Crippen molar-refractivity contribution in [2.45, 2.75) is 114 Å². The first-order chi connectivity index (χ1) is 35.0. The number of nitrogens with one attached hydrogen (secondary N) is 9. The minimum absolute atomic E-state index is 0. The molecule has 0 aliphatic carbocycles. The van der Waals surface area contributed by atoms with Crippen LogP contribution in [0.5, 0.6) is 0 Å². The fourth-order valence-electron chi connectivity index (χ4n) is 3.63. The fourth-order valence-corrected chi connectivity index (χ4v) is 4.40. The van der Waals surface area contributed by atoms with Crippen molar-refractivity contribution in [1.82, 2.24) is 54.8 Å². The third kappa shape index (κ3) is 73.3. The summed E-state index contributed by atoms with van der Waals surface area (Å²) >= 11 is 31.3. The minimum atomic E-state index is -0.278. The topological polar surface area (TPSA) is 362 Å². The zero-order chi connectivity index (χ0) is 56.1. The Morgan fingerprint density at radius 1 is 0.512 bits per heavy atom. The van der Waals surface area contributed by atoms with E-state index in [0.717, 1.165) is 90.8 Å². The second kappa shape index (κ2) is 80.0. The Kier molecular flexibility index (Phi) is 106. The Balaban J connectivity index is -0.0000000799. The Morgan fingerprint density at radius 3 is 0.950 bits per heavy atom. The van der Waals surface area contributed by atoms with Gasteiger partial charge in [0.15, 0.2) is 0 Å². The van der Waals surface area contributed by atoms with Crippen molar-refractivity contribution in [3.05, 3.63) is 33.0 Å². The Labute approximate surface area is 595 Å². The molecule has 0 amide bonds. The Bertz CT molecular complexity index is 1680. The number of aromatic amines is 1. The molecule has 0 aliphatic heterocycles. The largest absolute Gasteiger partial charge is 1.00 e. The minimum Gasteiger partial charge on any atom is -0.870 e. The molecule has 39 heteroatoms. The van der Waals surface area contributed by atoms with Crippen LogP contribution in [0, 0.1) is 11.9 Å². The third-order valence-electron chi connectivity index (χ3n) is 6.52. The molecule has 467 valence electrons. The van der Waals surface area contributed by atoms with E-state index in [1.54, 1.807) is 0 Å². The van der Waals surface area contributed by atoms with Gasteiger partial charge in [0.05, 0.1) is 21.3 Å². The zero-order valence-electron chi connectivity index (χ0n) is 47.1. The smallest absolute Gasteiger partial charge is 0.870 e. The van der Waals surface area contributed by atoms with Crippen LogP contribution < -0.4 is 101 Å². The molecule has 80 heavy (non-hydrogen) atoms. The summed E-state index contributed by atoms with van der Waals surface area (Å²) in [6.07, 6.45) is 8.39. The maximum Gasteiger partial charge on any atom is 1.00 e. The van der Waals surface area contributed by atoms with Crippen LogP contribution >= 0.6 is 141 Å². The molecule has 26 nitrogen and oxygen atoms in total. The van der Waals surface area contributed by atoms with Crippen LogP contribution in [-0.4, -0.2) is 127 Å². The number of anilines is 8. The van der Waals surface area contributed by atoms with E-state index in [-0.39, 0.29) is 119 Å². The molecule has 0 fully saturated rings. The molecule has 0 bridgehead atoms. The first-order valence-electron chi connectivity index (χ1n) is 22.9. The number of halogens is 10. The van der Waals surface area contributed by atoms with Crippen LogP contribution in [0.25, 0.3) is 0 Å². The molecule has 4 heterocycles. The maximum atomic E-state index is 5.77. The van der Waals surface area contributed by atoms with Gasteiger partial charge < -0.3 is 90.4 Å². The van der Waals surface area contributed by atoms with Crippen molar-refractivity contribution in [1.29, 1.82) is 0 Å². The summed E-state index contributed by atoms with van der Waals surface area (Å²) in [6.45, 7) is 22.5. The van der Waals surface area contributed by atoms with Crippen molar-refractivity contribution < 1.29 is 90.4 Å². The first-order valence-corrected chi connectivity index (χ1v) is 39.1. The average Bonchev–Trinajstić information content (AvgIpc) is 3.35. The van der Waals surface area contributed by atoms with Crippen LogP contribution in [0.1, 0.15) is 114 Å². The van der Waals surface area contributed by atoms with E-state index in [1.807, 2.05) is 0 Å². The monoisotopic (exact) mass is 1790 g/mol. The molecule has 0 spiro atoms. The van der Waals surface area contributed by atoms with E-state index in [9.17, 15) is 0 Å². The summed E-state index contributed by atoms with van der Waals surface area (Å²) < 4.78 is 2.09. The van der Waals surface area contributed by atoms with E-state index >= 15 is 0 Å². The second-order valence-corrected chi connectivity index (χ2v) is 50.6. The van der Waals surface area contributed by atoms with Crippen LogP contribution in [0.15, 0.2) is 0 Å². The molecule has 0 saturated heterocycles. The van der Waals surface area contributed by atoms with E-state index in [2.05, 4.69) is 256 Å². The summed E-state index contributed by atoms with van der Waals surface area (Å²) in [7, 11) is 4.44. The Hall–Kier alpha value is 1.03. The molecule has 4 rings (SSSR count). The molecule has 1 radical (unpaired) electrons. The summed E-state index contributed by atoms with van der Waals surface area (Å²) in [4.78, 5) is 59.6. The predicted molar refractivity (Wildman–Crippen MR) is 356 cm³/mol. The number of aromatic nitrogens is 12. The SMILES string of the molecule is C.CCCN.CCCNc1nc(Cl)nc(NCCC)n1.CCCNc1nc(NCCC)nc(NOC)n1.CCCNc1nc(NOC)nc(NCCC)[nH+]1.CC[CH-]I.CON.Cl.Clc1nc(Cl)nc(Cl)n1.[CH3-].[Cl-].[I][V]([I])[I].[Na+].[OH-].[V]. The van der Waals surface area contributed by atoms with Crippen molar-refractivity contribution in [2.24, 2.45) is 11.6 Å². The maximum absolute atomic E-state index is 5.77. The number of rotatable bonds is 24. The van der Waals surface area contributed by atoms with Gasteiger partial charge in [-0.3, -0.25) is 14.1 Å². The van der Waals surface area contributed by atoms with E-state index in [1.165, 1.54) is 27.8 Å². The Morgan fingerprint density at radius 2 is 0.725 bits per heavy atom. The van der Waals surface area contributed by atoms with Crippen molar-refractivity contribution in [2.75, 3.05) is 110 Å². The number of nitrogens with zero attached hydrogens (tertiary/aromatic N) is 11. The van der Waals surface area contributed by atoms with Crippen LogP contribution in [0.4, 0.5) is 47.6 Å². The zero-order valence-corrected chi connectivity index (χ0v) is 65.2. The standard InChI is InChI=1S/2C10H20N6O.C9H16ClN5.C3Cl3N3.C3H6I.C3H9N.CH5NO.CH4.CH3.2ClH.3HI.Na.H2O.2V/c2*1-4-6-11-8-13-9(12-7-5-2)15-10(14-8)16-17-3;1-3-5-11-8-13-7(10)14-9(15-8)12-6-4-2;4-1-7-2(5)9-3(6)8-1;2*1-2-3-4;1-3-2;;;;;;;;;;;/h2*4-7H2,1-3H3,(H3,11,12,13,14,15,16);3-6H2,1-2H3,(H2,11,12,13,14,15);;3H,2H2,1H3;2-4H2,1H3;2H2,1H3;1H4;1H3;5*1H;;1H2;;/q;;;;-1;;;;-1;;;;;;+1;;;+3/p-4. The molecular formula is C41H86Cl6I4N22NaO4V2-2. The van der Waals surface area contributed by atoms with Crippen molar-refractivity contribution in [3.63, 3.8) is 0 Å². The molecule has 0 aromatic carbocycles. The number of nitrogens with two attached hydrogens (primary N) is 2.